The maximum atomic E-state index is 13.1. The predicted molar refractivity (Wildman–Crippen MR) is 136 cm³/mol. The highest BCUT2D eigenvalue weighted by Gasteiger charge is 2.44. The molecule has 1 fully saturated rings. The summed E-state index contributed by atoms with van der Waals surface area (Å²) in [5.41, 5.74) is 2.17. The Labute approximate surface area is 207 Å². The molecular formula is C27H39N3O5. The molecule has 3 heterocycles. The Bertz CT molecular complexity index is 1110. The minimum Gasteiger partial charge on any atom is -0.464 e. The van der Waals surface area contributed by atoms with Crippen molar-refractivity contribution in [2.24, 2.45) is 0 Å². The highest BCUT2D eigenvalue weighted by molar-refractivity contribution is 6.01. The number of anilines is 1. The quantitative estimate of drug-likeness (QED) is 0.554. The lowest BCUT2D eigenvalue weighted by molar-refractivity contribution is -0.282. The first-order valence-corrected chi connectivity index (χ1v) is 12.4. The lowest BCUT2D eigenvalue weighted by atomic mass is 9.82. The van der Waals surface area contributed by atoms with Crippen molar-refractivity contribution in [1.82, 2.24) is 10.0 Å². The van der Waals surface area contributed by atoms with Crippen LogP contribution in [-0.2, 0) is 14.3 Å². The summed E-state index contributed by atoms with van der Waals surface area (Å²) in [5.74, 6) is -0.516. The van der Waals surface area contributed by atoms with Gasteiger partial charge in [0.2, 0.25) is 0 Å². The maximum absolute atomic E-state index is 13.1. The third-order valence-electron chi connectivity index (χ3n) is 7.02. The molecule has 0 saturated carbocycles. The Hall–Kier alpha value is -2.58. The summed E-state index contributed by atoms with van der Waals surface area (Å²) in [5, 5.41) is 3.04. The van der Waals surface area contributed by atoms with Crippen LogP contribution in [0.2, 0.25) is 0 Å². The van der Waals surface area contributed by atoms with Crippen molar-refractivity contribution in [3.63, 3.8) is 0 Å². The number of esters is 1. The Balaban J connectivity index is 1.71. The Morgan fingerprint density at radius 3 is 2.37 bits per heavy atom. The molecule has 8 nitrogen and oxygen atoms in total. The molecule has 2 aliphatic rings. The van der Waals surface area contributed by atoms with Gasteiger partial charge in [0.1, 0.15) is 11.3 Å². The molecule has 1 saturated heterocycles. The van der Waals surface area contributed by atoms with Crippen molar-refractivity contribution in [3.05, 3.63) is 29.5 Å². The van der Waals surface area contributed by atoms with Gasteiger partial charge >= 0.3 is 12.1 Å². The van der Waals surface area contributed by atoms with Crippen molar-refractivity contribution < 1.29 is 23.9 Å². The minimum atomic E-state index is -0.607. The fraction of sp³-hybridized carbons (Fsp3) is 0.630. The third kappa shape index (κ3) is 4.91. The van der Waals surface area contributed by atoms with Crippen LogP contribution in [0.5, 0.6) is 0 Å². The first-order valence-electron chi connectivity index (χ1n) is 12.4. The number of benzene rings is 1. The molecule has 1 amide bonds. The van der Waals surface area contributed by atoms with Crippen molar-refractivity contribution in [3.8, 4) is 0 Å². The lowest BCUT2D eigenvalue weighted by Crippen LogP contribution is -2.58. The number of nitrogens with one attached hydrogen (secondary N) is 1. The summed E-state index contributed by atoms with van der Waals surface area (Å²) >= 11 is 0. The number of aromatic amines is 1. The molecule has 1 N–H and O–H groups in total. The highest BCUT2D eigenvalue weighted by Crippen LogP contribution is 2.44. The molecule has 0 bridgehead atoms. The van der Waals surface area contributed by atoms with Crippen LogP contribution < -0.4 is 4.90 Å². The number of hydrogen-bond acceptors (Lipinski definition) is 6. The van der Waals surface area contributed by atoms with Gasteiger partial charge in [-0.25, -0.2) is 9.59 Å². The fourth-order valence-corrected chi connectivity index (χ4v) is 5.63. The number of hydroxylamine groups is 2. The van der Waals surface area contributed by atoms with Crippen molar-refractivity contribution in [2.75, 3.05) is 25.2 Å². The lowest BCUT2D eigenvalue weighted by Gasteiger charge is -2.51. The summed E-state index contributed by atoms with van der Waals surface area (Å²) in [7, 11) is 1.36. The molecule has 1 aromatic heterocycles. The SMILES string of the molecule is COC(=O)c1cc2c3c(ccc2[nH]1)N(C(=O)OC(C)(C)C)CC3CON1C(C)(C)CCCC1(C)C. The van der Waals surface area contributed by atoms with E-state index in [0.717, 1.165) is 35.0 Å². The van der Waals surface area contributed by atoms with E-state index in [1.54, 1.807) is 11.0 Å². The van der Waals surface area contributed by atoms with E-state index >= 15 is 0 Å². The number of fused-ring (bicyclic) bond motifs is 3. The molecule has 0 spiro atoms. The molecule has 2 aliphatic heterocycles. The topological polar surface area (TPSA) is 84.1 Å². The van der Waals surface area contributed by atoms with Gasteiger partial charge in [0.25, 0.3) is 0 Å². The zero-order valence-electron chi connectivity index (χ0n) is 22.3. The van der Waals surface area contributed by atoms with E-state index in [1.807, 2.05) is 32.9 Å². The molecule has 192 valence electrons. The molecule has 35 heavy (non-hydrogen) atoms. The number of carbonyl (C=O) groups excluding carboxylic acids is 2. The van der Waals surface area contributed by atoms with Gasteiger partial charge in [-0.1, -0.05) is 0 Å². The van der Waals surface area contributed by atoms with Crippen LogP contribution in [0.4, 0.5) is 10.5 Å². The van der Waals surface area contributed by atoms with Crippen molar-refractivity contribution in [2.45, 2.75) is 90.3 Å². The van der Waals surface area contributed by atoms with Crippen LogP contribution in [0.3, 0.4) is 0 Å². The number of ether oxygens (including phenoxy) is 2. The number of carbonyl (C=O) groups is 2. The van der Waals surface area contributed by atoms with E-state index in [1.165, 1.54) is 13.5 Å². The van der Waals surface area contributed by atoms with Crippen LogP contribution in [0.1, 0.15) is 89.7 Å². The normalized spacial score (nSPS) is 21.7. The Kier molecular flexibility index (Phi) is 6.43. The molecular weight excluding hydrogens is 446 g/mol. The smallest absolute Gasteiger partial charge is 0.414 e. The average molecular weight is 486 g/mol. The standard InChI is InChI=1S/C27H39N3O5/c1-25(2,3)35-24(32)29-15-17(16-34-30-26(4,5)12-9-13-27(30,6)7)22-18-14-20(23(31)33-8)28-19(18)10-11-21(22)29/h10-11,14,17,28H,9,12-13,15-16H2,1-8H3. The number of rotatable bonds is 4. The van der Waals surface area contributed by atoms with E-state index < -0.39 is 11.6 Å². The summed E-state index contributed by atoms with van der Waals surface area (Å²) in [4.78, 5) is 36.7. The number of H-pyrrole nitrogens is 1. The molecule has 0 radical (unpaired) electrons. The van der Waals surface area contributed by atoms with E-state index in [9.17, 15) is 9.59 Å². The van der Waals surface area contributed by atoms with E-state index in [4.69, 9.17) is 14.3 Å². The fourth-order valence-electron chi connectivity index (χ4n) is 5.63. The number of piperidine rings is 1. The number of methoxy groups -OCH3 is 1. The number of amides is 1. The number of hydrogen-bond donors (Lipinski definition) is 1. The maximum Gasteiger partial charge on any atom is 0.414 e. The van der Waals surface area contributed by atoms with Crippen LogP contribution >= 0.6 is 0 Å². The molecule has 8 heteroatoms. The molecule has 1 unspecified atom stereocenters. The predicted octanol–water partition coefficient (Wildman–Crippen LogP) is 5.77. The molecule has 2 aromatic rings. The largest absolute Gasteiger partial charge is 0.464 e. The van der Waals surface area contributed by atoms with Crippen LogP contribution in [0.15, 0.2) is 18.2 Å². The van der Waals surface area contributed by atoms with Crippen molar-refractivity contribution in [1.29, 1.82) is 0 Å². The Morgan fingerprint density at radius 1 is 1.11 bits per heavy atom. The van der Waals surface area contributed by atoms with E-state index in [0.29, 0.717) is 18.8 Å². The van der Waals surface area contributed by atoms with Crippen molar-refractivity contribution >= 4 is 28.7 Å². The summed E-state index contributed by atoms with van der Waals surface area (Å²) in [6, 6.07) is 5.60. The monoisotopic (exact) mass is 485 g/mol. The molecule has 0 aliphatic carbocycles. The Morgan fingerprint density at radius 2 is 1.77 bits per heavy atom. The van der Waals surface area contributed by atoms with Crippen LogP contribution in [0.25, 0.3) is 10.9 Å². The number of nitrogens with zero attached hydrogens (tertiary/aromatic N) is 2. The van der Waals surface area contributed by atoms with Gasteiger partial charge in [0.05, 0.1) is 19.4 Å². The zero-order valence-corrected chi connectivity index (χ0v) is 22.3. The summed E-state index contributed by atoms with van der Waals surface area (Å²) in [6.45, 7) is 15.3. The summed E-state index contributed by atoms with van der Waals surface area (Å²) < 4.78 is 10.6. The van der Waals surface area contributed by atoms with Gasteiger partial charge < -0.3 is 14.5 Å². The second kappa shape index (κ2) is 8.82. The van der Waals surface area contributed by atoms with Gasteiger partial charge in [0, 0.05) is 34.4 Å². The summed E-state index contributed by atoms with van der Waals surface area (Å²) in [6.07, 6.45) is 2.90. The zero-order chi connectivity index (χ0) is 25.8. The van der Waals surface area contributed by atoms with Crippen LogP contribution in [-0.4, -0.2) is 59.1 Å². The first-order chi connectivity index (χ1) is 16.2. The van der Waals surface area contributed by atoms with E-state index in [-0.39, 0.29) is 23.1 Å². The second-order valence-corrected chi connectivity index (χ2v) is 12.0. The van der Waals surface area contributed by atoms with Gasteiger partial charge in [-0.3, -0.25) is 9.74 Å². The van der Waals surface area contributed by atoms with Gasteiger partial charge in [-0.05, 0) is 91.5 Å². The average Bonchev–Trinajstić information content (AvgIpc) is 3.32. The third-order valence-corrected chi connectivity index (χ3v) is 7.02. The number of aromatic nitrogens is 1. The van der Waals surface area contributed by atoms with Gasteiger partial charge in [-0.15, -0.1) is 0 Å². The molecule has 4 rings (SSSR count). The first kappa shape index (κ1) is 25.5. The molecule has 1 aromatic carbocycles. The molecule has 1 atom stereocenters. The second-order valence-electron chi connectivity index (χ2n) is 12.0. The van der Waals surface area contributed by atoms with E-state index in [2.05, 4.69) is 37.7 Å². The van der Waals surface area contributed by atoms with Gasteiger partial charge in [0.15, 0.2) is 0 Å². The minimum absolute atomic E-state index is 0.0870. The highest BCUT2D eigenvalue weighted by atomic mass is 16.7. The van der Waals surface area contributed by atoms with Gasteiger partial charge in [-0.2, -0.15) is 5.06 Å². The van der Waals surface area contributed by atoms with Crippen LogP contribution in [0, 0.1) is 0 Å².